The Morgan fingerprint density at radius 1 is 1.35 bits per heavy atom. The summed E-state index contributed by atoms with van der Waals surface area (Å²) in [4.78, 5) is 4.56. The lowest BCUT2D eigenvalue weighted by atomic mass is 10.1. The molecule has 1 N–H and O–H groups in total. The predicted molar refractivity (Wildman–Crippen MR) is 66.8 cm³/mol. The first-order valence-corrected chi connectivity index (χ1v) is 8.09. The third-order valence-electron chi connectivity index (χ3n) is 4.00. The highest BCUT2D eigenvalue weighted by Crippen LogP contribution is 2.21. The van der Waals surface area contributed by atoms with E-state index in [4.69, 9.17) is 5.11 Å². The lowest BCUT2D eigenvalue weighted by Crippen LogP contribution is -2.55. The van der Waals surface area contributed by atoms with Crippen molar-refractivity contribution in [3.8, 4) is 0 Å². The summed E-state index contributed by atoms with van der Waals surface area (Å²) in [5.74, 6) is 0.664. The van der Waals surface area contributed by atoms with E-state index in [-0.39, 0.29) is 12.6 Å². The fraction of sp³-hybridized carbons (Fsp3) is 1.00. The van der Waals surface area contributed by atoms with Gasteiger partial charge in [-0.1, -0.05) is 0 Å². The number of rotatable bonds is 3. The van der Waals surface area contributed by atoms with E-state index in [0.717, 1.165) is 32.5 Å². The van der Waals surface area contributed by atoms with E-state index >= 15 is 0 Å². The van der Waals surface area contributed by atoms with Gasteiger partial charge in [0, 0.05) is 38.3 Å². The monoisotopic (exact) mass is 262 g/mol. The molecule has 2 aliphatic heterocycles. The molecule has 2 saturated heterocycles. The van der Waals surface area contributed by atoms with Crippen LogP contribution in [0.3, 0.4) is 0 Å². The summed E-state index contributed by atoms with van der Waals surface area (Å²) in [7, 11) is -0.720. The molecule has 2 rings (SSSR count). The smallest absolute Gasteiger partial charge is 0.151 e. The number of aliphatic hydroxyl groups is 1. The first-order valence-electron chi connectivity index (χ1n) is 6.27. The predicted octanol–water partition coefficient (Wildman–Crippen LogP) is -0.828. The van der Waals surface area contributed by atoms with Gasteiger partial charge in [-0.3, -0.25) is 4.90 Å². The van der Waals surface area contributed by atoms with Crippen molar-refractivity contribution < 1.29 is 13.5 Å². The van der Waals surface area contributed by atoms with Crippen molar-refractivity contribution in [2.24, 2.45) is 0 Å². The van der Waals surface area contributed by atoms with Gasteiger partial charge in [-0.05, 0) is 19.9 Å². The summed E-state index contributed by atoms with van der Waals surface area (Å²) in [5, 5.41) is 9.03. The minimum absolute atomic E-state index is 0.200. The summed E-state index contributed by atoms with van der Waals surface area (Å²) < 4.78 is 23.0. The molecule has 0 aromatic rings. The molecule has 0 amide bonds. The molecule has 17 heavy (non-hydrogen) atoms. The van der Waals surface area contributed by atoms with Crippen molar-refractivity contribution in [3.63, 3.8) is 0 Å². The van der Waals surface area contributed by atoms with Gasteiger partial charge in [0.25, 0.3) is 0 Å². The fourth-order valence-electron chi connectivity index (χ4n) is 2.83. The SMILES string of the molecule is CN1CCN(C2CCS(=O)(=O)C2)CC1CCO. The van der Waals surface area contributed by atoms with Crippen LogP contribution in [0.2, 0.25) is 0 Å². The maximum absolute atomic E-state index is 11.5. The van der Waals surface area contributed by atoms with Crippen LogP contribution in [0.25, 0.3) is 0 Å². The van der Waals surface area contributed by atoms with Gasteiger partial charge in [0.1, 0.15) is 0 Å². The zero-order chi connectivity index (χ0) is 12.5. The highest BCUT2D eigenvalue weighted by atomic mass is 32.2. The third-order valence-corrected chi connectivity index (χ3v) is 5.75. The first kappa shape index (κ1) is 13.3. The Bertz CT molecular complexity index is 358. The van der Waals surface area contributed by atoms with Crippen molar-refractivity contribution in [2.75, 3.05) is 44.8 Å². The molecule has 0 aromatic carbocycles. The molecule has 0 saturated carbocycles. The van der Waals surface area contributed by atoms with Gasteiger partial charge in [0.2, 0.25) is 0 Å². The Kier molecular flexibility index (Phi) is 4.07. The van der Waals surface area contributed by atoms with Crippen LogP contribution in [0.15, 0.2) is 0 Å². The number of hydrogen-bond acceptors (Lipinski definition) is 5. The normalized spacial score (nSPS) is 35.2. The summed E-state index contributed by atoms with van der Waals surface area (Å²) in [6, 6.07) is 0.562. The van der Waals surface area contributed by atoms with Gasteiger partial charge in [-0.25, -0.2) is 8.42 Å². The van der Waals surface area contributed by atoms with Gasteiger partial charge < -0.3 is 10.0 Å². The molecule has 6 heteroatoms. The van der Waals surface area contributed by atoms with E-state index in [1.165, 1.54) is 0 Å². The highest BCUT2D eigenvalue weighted by molar-refractivity contribution is 7.91. The van der Waals surface area contributed by atoms with Crippen LogP contribution >= 0.6 is 0 Å². The molecule has 100 valence electrons. The van der Waals surface area contributed by atoms with E-state index in [1.54, 1.807) is 0 Å². The van der Waals surface area contributed by atoms with Crippen molar-refractivity contribution >= 4 is 9.84 Å². The van der Waals surface area contributed by atoms with E-state index in [9.17, 15) is 8.42 Å². The van der Waals surface area contributed by atoms with E-state index < -0.39 is 9.84 Å². The Morgan fingerprint density at radius 3 is 2.71 bits per heavy atom. The molecule has 0 spiro atoms. The number of piperazine rings is 1. The molecule has 2 unspecified atom stereocenters. The van der Waals surface area contributed by atoms with Crippen LogP contribution in [-0.4, -0.2) is 80.2 Å². The quantitative estimate of drug-likeness (QED) is 0.719. The average Bonchev–Trinajstić information content (AvgIpc) is 2.62. The lowest BCUT2D eigenvalue weighted by molar-refractivity contribution is 0.0582. The molecule has 0 bridgehead atoms. The second-order valence-corrected chi connectivity index (χ2v) is 7.43. The van der Waals surface area contributed by atoms with Crippen LogP contribution in [-0.2, 0) is 9.84 Å². The number of hydrogen-bond donors (Lipinski definition) is 1. The van der Waals surface area contributed by atoms with Crippen molar-refractivity contribution in [1.29, 1.82) is 0 Å². The maximum atomic E-state index is 11.5. The molecular weight excluding hydrogens is 240 g/mol. The van der Waals surface area contributed by atoms with E-state index in [0.29, 0.717) is 17.5 Å². The Balaban J connectivity index is 1.94. The number of sulfone groups is 1. The molecule has 0 aliphatic carbocycles. The molecular formula is C11H22N2O3S. The van der Waals surface area contributed by atoms with Crippen LogP contribution < -0.4 is 0 Å². The number of nitrogens with zero attached hydrogens (tertiary/aromatic N) is 2. The highest BCUT2D eigenvalue weighted by Gasteiger charge is 2.35. The second-order valence-electron chi connectivity index (χ2n) is 5.20. The van der Waals surface area contributed by atoms with Crippen LogP contribution in [0.4, 0.5) is 0 Å². The summed E-state index contributed by atoms with van der Waals surface area (Å²) in [5.41, 5.74) is 0. The summed E-state index contributed by atoms with van der Waals surface area (Å²) in [6.45, 7) is 2.99. The molecule has 2 heterocycles. The number of likely N-dealkylation sites (N-methyl/N-ethyl adjacent to an activating group) is 1. The average molecular weight is 262 g/mol. The molecule has 2 aliphatic rings. The zero-order valence-corrected chi connectivity index (χ0v) is 11.2. The van der Waals surface area contributed by atoms with Crippen molar-refractivity contribution in [3.05, 3.63) is 0 Å². The van der Waals surface area contributed by atoms with E-state index in [2.05, 4.69) is 16.8 Å². The van der Waals surface area contributed by atoms with Crippen LogP contribution in [0, 0.1) is 0 Å². The molecule has 2 fully saturated rings. The lowest BCUT2D eigenvalue weighted by Gasteiger charge is -2.41. The van der Waals surface area contributed by atoms with Gasteiger partial charge in [0.05, 0.1) is 11.5 Å². The first-order chi connectivity index (χ1) is 8.02. The summed E-state index contributed by atoms with van der Waals surface area (Å²) in [6.07, 6.45) is 1.55. The third kappa shape index (κ3) is 3.19. The van der Waals surface area contributed by atoms with E-state index in [1.807, 2.05) is 0 Å². The zero-order valence-electron chi connectivity index (χ0n) is 10.4. The Labute approximate surface area is 103 Å². The van der Waals surface area contributed by atoms with Crippen LogP contribution in [0.5, 0.6) is 0 Å². The molecule has 2 atom stereocenters. The summed E-state index contributed by atoms with van der Waals surface area (Å²) >= 11 is 0. The van der Waals surface area contributed by atoms with Crippen molar-refractivity contribution in [1.82, 2.24) is 9.80 Å². The Hall–Kier alpha value is -0.170. The molecule has 5 nitrogen and oxygen atoms in total. The van der Waals surface area contributed by atoms with Gasteiger partial charge in [0.15, 0.2) is 9.84 Å². The number of aliphatic hydroxyl groups excluding tert-OH is 1. The molecule has 0 aromatic heterocycles. The fourth-order valence-corrected chi connectivity index (χ4v) is 4.59. The second kappa shape index (κ2) is 5.22. The standard InChI is InChI=1S/C11H22N2O3S/c1-12-4-5-13(8-10(12)2-6-14)11-3-7-17(15,16)9-11/h10-11,14H,2-9H2,1H3. The minimum atomic E-state index is -2.79. The van der Waals surface area contributed by atoms with Gasteiger partial charge >= 0.3 is 0 Å². The largest absolute Gasteiger partial charge is 0.396 e. The van der Waals surface area contributed by atoms with Crippen LogP contribution in [0.1, 0.15) is 12.8 Å². The molecule has 0 radical (unpaired) electrons. The maximum Gasteiger partial charge on any atom is 0.151 e. The Morgan fingerprint density at radius 2 is 2.12 bits per heavy atom. The minimum Gasteiger partial charge on any atom is -0.396 e. The van der Waals surface area contributed by atoms with Crippen molar-refractivity contribution in [2.45, 2.75) is 24.9 Å². The van der Waals surface area contributed by atoms with Gasteiger partial charge in [-0.15, -0.1) is 0 Å². The topological polar surface area (TPSA) is 60.9 Å². The van der Waals surface area contributed by atoms with Gasteiger partial charge in [-0.2, -0.15) is 0 Å².